The van der Waals surface area contributed by atoms with Crippen molar-refractivity contribution in [3.05, 3.63) is 28.7 Å². The molecule has 1 heterocycles. The Morgan fingerprint density at radius 3 is 2.64 bits per heavy atom. The lowest BCUT2D eigenvalue weighted by Crippen LogP contribution is -1.94. The first-order chi connectivity index (χ1) is 6.66. The van der Waals surface area contributed by atoms with E-state index < -0.39 is 5.76 Å². The lowest BCUT2D eigenvalue weighted by Gasteiger charge is -1.98. The molecule has 0 fully saturated rings. The number of hydrogen-bond donors (Lipinski definition) is 3. The van der Waals surface area contributed by atoms with E-state index in [-0.39, 0.29) is 17.3 Å². The van der Waals surface area contributed by atoms with Crippen LogP contribution in [0.2, 0.25) is 0 Å². The standard InChI is InChI=1S/C8H6N2O4/c11-5-2-1-4(3-6(5)12)7-9-8(13)14-10-7/h1-3,11-12H,(H,9,10,13). The molecule has 1 aromatic heterocycles. The van der Waals surface area contributed by atoms with E-state index in [4.69, 9.17) is 10.2 Å². The molecule has 0 unspecified atom stereocenters. The number of hydrogen-bond acceptors (Lipinski definition) is 5. The SMILES string of the molecule is O=c1[nH]c(-c2ccc(O)c(O)c2)no1. The molecule has 0 saturated carbocycles. The highest BCUT2D eigenvalue weighted by molar-refractivity contribution is 5.59. The van der Waals surface area contributed by atoms with Gasteiger partial charge in [-0.1, -0.05) is 5.16 Å². The number of aromatic nitrogens is 2. The van der Waals surface area contributed by atoms with Crippen molar-refractivity contribution in [2.75, 3.05) is 0 Å². The number of phenols is 2. The molecule has 6 heteroatoms. The van der Waals surface area contributed by atoms with Gasteiger partial charge in [0.1, 0.15) is 0 Å². The van der Waals surface area contributed by atoms with E-state index in [1.165, 1.54) is 18.2 Å². The number of aromatic hydroxyl groups is 2. The predicted molar refractivity (Wildman–Crippen MR) is 45.9 cm³/mol. The van der Waals surface area contributed by atoms with Crippen LogP contribution >= 0.6 is 0 Å². The van der Waals surface area contributed by atoms with Gasteiger partial charge in [0.2, 0.25) is 0 Å². The van der Waals surface area contributed by atoms with Crippen LogP contribution in [-0.4, -0.2) is 20.4 Å². The van der Waals surface area contributed by atoms with Gasteiger partial charge in [-0.25, -0.2) is 4.79 Å². The number of phenolic OH excluding ortho intramolecular Hbond substituents is 2. The fourth-order valence-electron chi connectivity index (χ4n) is 1.03. The monoisotopic (exact) mass is 194 g/mol. The molecule has 2 rings (SSSR count). The van der Waals surface area contributed by atoms with Crippen LogP contribution < -0.4 is 5.76 Å². The molecule has 0 radical (unpaired) electrons. The van der Waals surface area contributed by atoms with Crippen LogP contribution in [0.4, 0.5) is 0 Å². The van der Waals surface area contributed by atoms with Gasteiger partial charge in [0.25, 0.3) is 0 Å². The second-order valence-electron chi connectivity index (χ2n) is 2.65. The largest absolute Gasteiger partial charge is 0.504 e. The number of H-pyrrole nitrogens is 1. The molecule has 0 aliphatic heterocycles. The molecule has 0 atom stereocenters. The van der Waals surface area contributed by atoms with Gasteiger partial charge in [-0.3, -0.25) is 9.51 Å². The van der Waals surface area contributed by atoms with E-state index in [2.05, 4.69) is 14.7 Å². The van der Waals surface area contributed by atoms with Crippen LogP contribution in [0.1, 0.15) is 0 Å². The van der Waals surface area contributed by atoms with E-state index in [0.717, 1.165) is 0 Å². The molecule has 0 bridgehead atoms. The zero-order valence-corrected chi connectivity index (χ0v) is 6.89. The summed E-state index contributed by atoms with van der Waals surface area (Å²) in [7, 11) is 0. The molecule has 2 aromatic rings. The van der Waals surface area contributed by atoms with Crippen LogP contribution in [0.5, 0.6) is 11.5 Å². The van der Waals surface area contributed by atoms with Crippen molar-refractivity contribution in [2.45, 2.75) is 0 Å². The van der Waals surface area contributed by atoms with Crippen molar-refractivity contribution in [3.8, 4) is 22.9 Å². The highest BCUT2D eigenvalue weighted by Crippen LogP contribution is 2.28. The van der Waals surface area contributed by atoms with Crippen molar-refractivity contribution in [1.29, 1.82) is 0 Å². The molecule has 6 nitrogen and oxygen atoms in total. The Balaban J connectivity index is 2.52. The molecule has 3 N–H and O–H groups in total. The van der Waals surface area contributed by atoms with Gasteiger partial charge in [0.15, 0.2) is 17.3 Å². The summed E-state index contributed by atoms with van der Waals surface area (Å²) in [6.07, 6.45) is 0. The Morgan fingerprint density at radius 2 is 2.07 bits per heavy atom. The van der Waals surface area contributed by atoms with Crippen LogP contribution in [0.25, 0.3) is 11.4 Å². The summed E-state index contributed by atoms with van der Waals surface area (Å²) >= 11 is 0. The first-order valence-electron chi connectivity index (χ1n) is 3.75. The molecule has 72 valence electrons. The van der Waals surface area contributed by atoms with Gasteiger partial charge in [0.05, 0.1) is 0 Å². The van der Waals surface area contributed by atoms with Crippen LogP contribution in [0.3, 0.4) is 0 Å². The van der Waals surface area contributed by atoms with Gasteiger partial charge < -0.3 is 10.2 Å². The molecule has 1 aromatic carbocycles. The van der Waals surface area contributed by atoms with Crippen molar-refractivity contribution >= 4 is 0 Å². The minimum Gasteiger partial charge on any atom is -0.504 e. The van der Waals surface area contributed by atoms with E-state index >= 15 is 0 Å². The predicted octanol–water partition coefficient (Wildman–Crippen LogP) is 0.441. The van der Waals surface area contributed by atoms with E-state index in [1.807, 2.05) is 0 Å². The first-order valence-corrected chi connectivity index (χ1v) is 3.75. The first kappa shape index (κ1) is 8.36. The number of nitrogens with zero attached hydrogens (tertiary/aromatic N) is 1. The van der Waals surface area contributed by atoms with Crippen LogP contribution in [-0.2, 0) is 0 Å². The lowest BCUT2D eigenvalue weighted by molar-refractivity contribution is 0.387. The Morgan fingerprint density at radius 1 is 1.29 bits per heavy atom. The van der Waals surface area contributed by atoms with Gasteiger partial charge in [-0.15, -0.1) is 0 Å². The molecular weight excluding hydrogens is 188 g/mol. The quantitative estimate of drug-likeness (QED) is 0.572. The van der Waals surface area contributed by atoms with Crippen molar-refractivity contribution < 1.29 is 14.7 Å². The number of aromatic amines is 1. The minimum absolute atomic E-state index is 0.199. The second kappa shape index (κ2) is 2.91. The van der Waals surface area contributed by atoms with Gasteiger partial charge in [-0.05, 0) is 18.2 Å². The summed E-state index contributed by atoms with van der Waals surface area (Å²) in [5, 5.41) is 21.6. The fraction of sp³-hybridized carbons (Fsp3) is 0. The van der Waals surface area contributed by atoms with Crippen molar-refractivity contribution in [1.82, 2.24) is 10.1 Å². The smallest absolute Gasteiger partial charge is 0.439 e. The number of nitrogens with one attached hydrogen (secondary N) is 1. The average Bonchev–Trinajstić information content (AvgIpc) is 2.57. The van der Waals surface area contributed by atoms with Crippen molar-refractivity contribution in [3.63, 3.8) is 0 Å². The van der Waals surface area contributed by atoms with E-state index in [0.29, 0.717) is 5.56 Å². The third-order valence-corrected chi connectivity index (χ3v) is 1.69. The molecule has 14 heavy (non-hydrogen) atoms. The summed E-state index contributed by atoms with van der Waals surface area (Å²) in [5.41, 5.74) is 0.450. The van der Waals surface area contributed by atoms with E-state index in [1.54, 1.807) is 0 Å². The molecule has 0 aliphatic carbocycles. The summed E-state index contributed by atoms with van der Waals surface area (Å²) in [6.45, 7) is 0. The third kappa shape index (κ3) is 1.33. The zero-order valence-electron chi connectivity index (χ0n) is 6.89. The Labute approximate surface area is 77.4 Å². The molecule has 0 saturated heterocycles. The van der Waals surface area contributed by atoms with E-state index in [9.17, 15) is 4.79 Å². The molecule has 0 spiro atoms. The number of rotatable bonds is 1. The summed E-state index contributed by atoms with van der Waals surface area (Å²) in [5.74, 6) is -0.996. The summed E-state index contributed by atoms with van der Waals surface area (Å²) < 4.78 is 4.28. The average molecular weight is 194 g/mol. The normalized spacial score (nSPS) is 10.3. The van der Waals surface area contributed by atoms with Gasteiger partial charge >= 0.3 is 5.76 Å². The molecule has 0 aliphatic rings. The maximum atomic E-state index is 10.6. The lowest BCUT2D eigenvalue weighted by atomic mass is 10.2. The van der Waals surface area contributed by atoms with Gasteiger partial charge in [-0.2, -0.15) is 0 Å². The highest BCUT2D eigenvalue weighted by atomic mass is 16.5. The highest BCUT2D eigenvalue weighted by Gasteiger charge is 2.06. The topological polar surface area (TPSA) is 99.4 Å². The Hall–Kier alpha value is -2.24. The summed E-state index contributed by atoms with van der Waals surface area (Å²) in [6, 6.07) is 4.05. The number of benzene rings is 1. The van der Waals surface area contributed by atoms with Crippen molar-refractivity contribution in [2.24, 2.45) is 0 Å². The Kier molecular flexibility index (Phi) is 1.74. The zero-order chi connectivity index (χ0) is 10.1. The van der Waals surface area contributed by atoms with Crippen LogP contribution in [0, 0.1) is 0 Å². The maximum Gasteiger partial charge on any atom is 0.439 e. The van der Waals surface area contributed by atoms with Crippen LogP contribution in [0.15, 0.2) is 27.5 Å². The molecule has 0 amide bonds. The summed E-state index contributed by atoms with van der Waals surface area (Å²) in [4.78, 5) is 12.9. The second-order valence-corrected chi connectivity index (χ2v) is 2.65. The van der Waals surface area contributed by atoms with Gasteiger partial charge in [0, 0.05) is 5.56 Å². The molecular formula is C8H6N2O4. The Bertz CT molecular complexity index is 514. The fourth-order valence-corrected chi connectivity index (χ4v) is 1.03. The maximum absolute atomic E-state index is 10.6. The minimum atomic E-state index is -0.674. The third-order valence-electron chi connectivity index (χ3n) is 1.69.